The van der Waals surface area contributed by atoms with E-state index in [2.05, 4.69) is 77.4 Å². The average molecular weight is 375 g/mol. The van der Waals surface area contributed by atoms with Gasteiger partial charge in [0.25, 0.3) is 0 Å². The summed E-state index contributed by atoms with van der Waals surface area (Å²) in [5, 5.41) is 0. The average Bonchev–Trinajstić information content (AvgIpc) is 3.24. The van der Waals surface area contributed by atoms with Gasteiger partial charge in [0.15, 0.2) is 0 Å². The molecule has 0 bridgehead atoms. The van der Waals surface area contributed by atoms with E-state index in [1.165, 1.54) is 42.5 Å². The summed E-state index contributed by atoms with van der Waals surface area (Å²) in [6.07, 6.45) is 9.50. The smallest absolute Gasteiger partial charge is 0.0991 e. The van der Waals surface area contributed by atoms with Gasteiger partial charge in [-0.1, -0.05) is 42.8 Å². The zero-order chi connectivity index (χ0) is 19.3. The van der Waals surface area contributed by atoms with Crippen LogP contribution in [-0.4, -0.2) is 40.0 Å². The fraction of sp³-hybridized carbons (Fsp3) is 0.375. The minimum Gasteiger partial charge on any atom is -0.306 e. The molecular formula is C24H30N4. The van der Waals surface area contributed by atoms with Crippen LogP contribution in [0.25, 0.3) is 5.69 Å². The Hall–Kier alpha value is -2.43. The van der Waals surface area contributed by atoms with Gasteiger partial charge in [-0.15, -0.1) is 0 Å². The van der Waals surface area contributed by atoms with Crippen molar-refractivity contribution in [3.05, 3.63) is 83.9 Å². The van der Waals surface area contributed by atoms with Crippen LogP contribution in [0.4, 0.5) is 0 Å². The number of imidazole rings is 1. The molecule has 2 heterocycles. The van der Waals surface area contributed by atoms with E-state index in [-0.39, 0.29) is 0 Å². The second-order valence-electron chi connectivity index (χ2n) is 8.10. The molecule has 1 atom stereocenters. The number of nitrogens with zero attached hydrogens (tertiary/aromatic N) is 4. The lowest BCUT2D eigenvalue weighted by Crippen LogP contribution is -2.32. The highest BCUT2D eigenvalue weighted by molar-refractivity contribution is 5.34. The number of hydrogen-bond donors (Lipinski definition) is 0. The molecule has 4 rings (SSSR count). The van der Waals surface area contributed by atoms with E-state index in [1.54, 1.807) is 0 Å². The van der Waals surface area contributed by atoms with Gasteiger partial charge < -0.3 is 9.47 Å². The largest absolute Gasteiger partial charge is 0.306 e. The van der Waals surface area contributed by atoms with Gasteiger partial charge in [-0.3, -0.25) is 4.90 Å². The van der Waals surface area contributed by atoms with E-state index in [4.69, 9.17) is 0 Å². The second-order valence-corrected chi connectivity index (χ2v) is 8.10. The van der Waals surface area contributed by atoms with Crippen LogP contribution in [0.1, 0.15) is 42.0 Å². The van der Waals surface area contributed by atoms with Crippen molar-refractivity contribution in [2.75, 3.05) is 20.6 Å². The first kappa shape index (κ1) is 18.9. The number of aromatic nitrogens is 2. The van der Waals surface area contributed by atoms with Crippen LogP contribution < -0.4 is 0 Å². The Morgan fingerprint density at radius 1 is 0.964 bits per heavy atom. The molecule has 1 aliphatic rings. The molecule has 1 fully saturated rings. The first-order valence-electron chi connectivity index (χ1n) is 10.2. The standard InChI is InChI=1S/C24H30N4/c1-26(2)17-20-6-10-22(11-7-20)24-5-3-4-15-27(24)18-21-8-12-23(13-9-21)28-16-14-25-19-28/h6-14,16,19,24H,3-5,15,17-18H2,1-2H3. The molecule has 0 N–H and O–H groups in total. The summed E-state index contributed by atoms with van der Waals surface area (Å²) in [5.74, 6) is 0. The molecule has 1 saturated heterocycles. The maximum Gasteiger partial charge on any atom is 0.0991 e. The minimum atomic E-state index is 0.524. The number of hydrogen-bond acceptors (Lipinski definition) is 3. The van der Waals surface area contributed by atoms with E-state index in [1.807, 2.05) is 23.3 Å². The quantitative estimate of drug-likeness (QED) is 0.627. The maximum atomic E-state index is 4.13. The topological polar surface area (TPSA) is 24.3 Å². The zero-order valence-corrected chi connectivity index (χ0v) is 17.0. The summed E-state index contributed by atoms with van der Waals surface area (Å²) in [4.78, 5) is 9.00. The van der Waals surface area contributed by atoms with Gasteiger partial charge >= 0.3 is 0 Å². The molecule has 3 aromatic rings. The van der Waals surface area contributed by atoms with Crippen molar-refractivity contribution in [1.29, 1.82) is 0 Å². The van der Waals surface area contributed by atoms with Crippen molar-refractivity contribution >= 4 is 0 Å². The Labute approximate surface area is 168 Å². The van der Waals surface area contributed by atoms with Crippen LogP contribution in [0, 0.1) is 0 Å². The summed E-state index contributed by atoms with van der Waals surface area (Å²) < 4.78 is 2.04. The van der Waals surface area contributed by atoms with Crippen molar-refractivity contribution in [2.45, 2.75) is 38.4 Å². The van der Waals surface area contributed by atoms with Gasteiger partial charge in [-0.25, -0.2) is 4.98 Å². The molecule has 0 radical (unpaired) electrons. The van der Waals surface area contributed by atoms with Crippen LogP contribution in [0.2, 0.25) is 0 Å². The van der Waals surface area contributed by atoms with E-state index < -0.39 is 0 Å². The highest BCUT2D eigenvalue weighted by Gasteiger charge is 2.24. The van der Waals surface area contributed by atoms with Gasteiger partial charge in [0.05, 0.1) is 6.33 Å². The molecule has 0 spiro atoms. The lowest BCUT2D eigenvalue weighted by molar-refractivity contribution is 0.140. The predicted molar refractivity (Wildman–Crippen MR) is 114 cm³/mol. The number of rotatable bonds is 6. The third-order valence-corrected chi connectivity index (χ3v) is 5.60. The molecular weight excluding hydrogens is 344 g/mol. The van der Waals surface area contributed by atoms with Gasteiger partial charge in [-0.05, 0) is 62.3 Å². The monoisotopic (exact) mass is 374 g/mol. The van der Waals surface area contributed by atoms with Gasteiger partial charge in [-0.2, -0.15) is 0 Å². The SMILES string of the molecule is CN(C)Cc1ccc(C2CCCCN2Cc2ccc(-n3ccnc3)cc2)cc1. The van der Waals surface area contributed by atoms with Crippen molar-refractivity contribution in [3.63, 3.8) is 0 Å². The van der Waals surface area contributed by atoms with Crippen molar-refractivity contribution in [3.8, 4) is 5.69 Å². The van der Waals surface area contributed by atoms with Crippen LogP contribution in [0.5, 0.6) is 0 Å². The predicted octanol–water partition coefficient (Wildman–Crippen LogP) is 4.66. The summed E-state index contributed by atoms with van der Waals surface area (Å²) in [7, 11) is 4.24. The van der Waals surface area contributed by atoms with Crippen LogP contribution >= 0.6 is 0 Å². The Kier molecular flexibility index (Phi) is 5.89. The number of benzene rings is 2. The minimum absolute atomic E-state index is 0.524. The fourth-order valence-electron chi connectivity index (χ4n) is 4.19. The Balaban J connectivity index is 1.46. The summed E-state index contributed by atoms with van der Waals surface area (Å²) in [6.45, 7) is 3.18. The maximum absolute atomic E-state index is 4.13. The van der Waals surface area contributed by atoms with Gasteiger partial charge in [0.2, 0.25) is 0 Å². The highest BCUT2D eigenvalue weighted by Crippen LogP contribution is 2.32. The van der Waals surface area contributed by atoms with Crippen LogP contribution in [0.3, 0.4) is 0 Å². The molecule has 1 aromatic heterocycles. The summed E-state index contributed by atoms with van der Waals surface area (Å²) >= 11 is 0. The summed E-state index contributed by atoms with van der Waals surface area (Å²) in [5.41, 5.74) is 5.37. The molecule has 0 amide bonds. The van der Waals surface area contributed by atoms with E-state index in [0.717, 1.165) is 18.8 Å². The third kappa shape index (κ3) is 4.51. The zero-order valence-electron chi connectivity index (χ0n) is 17.0. The Morgan fingerprint density at radius 3 is 2.39 bits per heavy atom. The molecule has 0 saturated carbocycles. The molecule has 0 aliphatic carbocycles. The van der Waals surface area contributed by atoms with Gasteiger partial charge in [0, 0.05) is 37.2 Å². The van der Waals surface area contributed by atoms with E-state index in [9.17, 15) is 0 Å². The van der Waals surface area contributed by atoms with Crippen molar-refractivity contribution < 1.29 is 0 Å². The first-order chi connectivity index (χ1) is 13.7. The van der Waals surface area contributed by atoms with Gasteiger partial charge in [0.1, 0.15) is 0 Å². The molecule has 1 aliphatic heterocycles. The second kappa shape index (κ2) is 8.72. The fourth-order valence-corrected chi connectivity index (χ4v) is 4.19. The third-order valence-electron chi connectivity index (χ3n) is 5.60. The van der Waals surface area contributed by atoms with E-state index >= 15 is 0 Å². The van der Waals surface area contributed by atoms with Crippen LogP contribution in [0.15, 0.2) is 67.3 Å². The summed E-state index contributed by atoms with van der Waals surface area (Å²) in [6, 6.07) is 18.7. The first-order valence-corrected chi connectivity index (χ1v) is 10.2. The lowest BCUT2D eigenvalue weighted by atomic mass is 9.94. The normalized spacial score (nSPS) is 17.9. The number of likely N-dealkylation sites (tertiary alicyclic amines) is 1. The Morgan fingerprint density at radius 2 is 1.71 bits per heavy atom. The number of piperidine rings is 1. The molecule has 1 unspecified atom stereocenters. The molecule has 28 heavy (non-hydrogen) atoms. The van der Waals surface area contributed by atoms with E-state index in [0.29, 0.717) is 6.04 Å². The molecule has 2 aromatic carbocycles. The molecule has 4 nitrogen and oxygen atoms in total. The van der Waals surface area contributed by atoms with Crippen LogP contribution in [-0.2, 0) is 13.1 Å². The Bertz CT molecular complexity index is 851. The highest BCUT2D eigenvalue weighted by atomic mass is 15.2. The molecule has 146 valence electrons. The van der Waals surface area contributed by atoms with Crippen molar-refractivity contribution in [2.24, 2.45) is 0 Å². The molecule has 4 heteroatoms. The van der Waals surface area contributed by atoms with Crippen molar-refractivity contribution in [1.82, 2.24) is 19.4 Å². The lowest BCUT2D eigenvalue weighted by Gasteiger charge is -2.36.